The van der Waals surface area contributed by atoms with Crippen LogP contribution in [0.15, 0.2) is 36.4 Å². The summed E-state index contributed by atoms with van der Waals surface area (Å²) in [7, 11) is 1.54. The molecule has 0 aliphatic carbocycles. The molecule has 0 heterocycles. The molecule has 0 unspecified atom stereocenters. The van der Waals surface area contributed by atoms with Crippen molar-refractivity contribution < 1.29 is 14.3 Å². The quantitative estimate of drug-likeness (QED) is 0.883. The van der Waals surface area contributed by atoms with Gasteiger partial charge in [0, 0.05) is 5.69 Å². The van der Waals surface area contributed by atoms with Crippen molar-refractivity contribution in [2.24, 2.45) is 0 Å². The molecule has 2 aromatic carbocycles. The lowest BCUT2D eigenvalue weighted by atomic mass is 10.1. The molecule has 2 rings (SSSR count). The molecule has 0 spiro atoms. The molecule has 0 bridgehead atoms. The number of anilines is 1. The highest BCUT2D eigenvalue weighted by atomic mass is 35.5. The van der Waals surface area contributed by atoms with Gasteiger partial charge in [-0.25, -0.2) is 0 Å². The lowest BCUT2D eigenvalue weighted by Gasteiger charge is -2.17. The van der Waals surface area contributed by atoms with E-state index in [1.165, 1.54) is 0 Å². The highest BCUT2D eigenvalue weighted by molar-refractivity contribution is 6.32. The van der Waals surface area contributed by atoms with E-state index in [1.807, 2.05) is 32.0 Å². The topological polar surface area (TPSA) is 47.6 Å². The number of nitrogens with one attached hydrogen (secondary N) is 1. The Hall–Kier alpha value is -2.20. The number of hydrogen-bond donors (Lipinski definition) is 1. The average molecular weight is 334 g/mol. The molecule has 0 aliphatic rings. The second kappa shape index (κ2) is 7.38. The molecule has 0 aliphatic heterocycles. The molecular formula is C18H20ClNO3. The average Bonchev–Trinajstić information content (AvgIpc) is 2.52. The van der Waals surface area contributed by atoms with Gasteiger partial charge in [0.2, 0.25) is 0 Å². The Bertz CT molecular complexity index is 715. The molecule has 0 saturated carbocycles. The van der Waals surface area contributed by atoms with Crippen LogP contribution in [0.1, 0.15) is 18.1 Å². The van der Waals surface area contributed by atoms with Crippen LogP contribution in [0.2, 0.25) is 5.02 Å². The Labute approximate surface area is 141 Å². The van der Waals surface area contributed by atoms with Gasteiger partial charge < -0.3 is 14.8 Å². The number of halogens is 1. The minimum absolute atomic E-state index is 0.243. The van der Waals surface area contributed by atoms with E-state index in [0.29, 0.717) is 22.2 Å². The minimum Gasteiger partial charge on any atom is -0.495 e. The number of methoxy groups -OCH3 is 1. The first-order valence-corrected chi connectivity index (χ1v) is 7.67. The maximum Gasteiger partial charge on any atom is 0.265 e. The fourth-order valence-electron chi connectivity index (χ4n) is 2.08. The van der Waals surface area contributed by atoms with Gasteiger partial charge in [0.1, 0.15) is 11.5 Å². The van der Waals surface area contributed by atoms with E-state index in [-0.39, 0.29) is 5.91 Å². The van der Waals surface area contributed by atoms with Crippen LogP contribution >= 0.6 is 11.6 Å². The van der Waals surface area contributed by atoms with Gasteiger partial charge in [0.05, 0.1) is 12.1 Å². The van der Waals surface area contributed by atoms with E-state index in [1.54, 1.807) is 32.2 Å². The molecule has 1 atom stereocenters. The Morgan fingerprint density at radius 3 is 2.57 bits per heavy atom. The molecule has 23 heavy (non-hydrogen) atoms. The second-order valence-corrected chi connectivity index (χ2v) is 5.70. The molecule has 2 aromatic rings. The van der Waals surface area contributed by atoms with Gasteiger partial charge >= 0.3 is 0 Å². The van der Waals surface area contributed by atoms with Crippen LogP contribution < -0.4 is 14.8 Å². The molecule has 122 valence electrons. The molecule has 4 nitrogen and oxygen atoms in total. The number of ether oxygens (including phenoxy) is 2. The summed E-state index contributed by atoms with van der Waals surface area (Å²) in [6.45, 7) is 5.69. The maximum absolute atomic E-state index is 12.3. The summed E-state index contributed by atoms with van der Waals surface area (Å²) in [4.78, 5) is 12.3. The standard InChI is InChI=1S/C18H20ClNO3/c1-11-6-5-7-16(12(11)2)23-13(3)18(21)20-14-8-9-17(22-4)15(19)10-14/h5-10,13H,1-4H3,(H,20,21)/t13-/m1/s1. The van der Waals surface area contributed by atoms with Crippen molar-refractivity contribution in [3.8, 4) is 11.5 Å². The van der Waals surface area contributed by atoms with E-state index in [0.717, 1.165) is 11.1 Å². The molecule has 0 saturated heterocycles. The third-order valence-corrected chi connectivity index (χ3v) is 3.94. The summed E-state index contributed by atoms with van der Waals surface area (Å²) in [6.07, 6.45) is -0.628. The Morgan fingerprint density at radius 1 is 1.17 bits per heavy atom. The smallest absolute Gasteiger partial charge is 0.265 e. The molecule has 1 amide bonds. The van der Waals surface area contributed by atoms with Crippen molar-refractivity contribution in [3.63, 3.8) is 0 Å². The Balaban J connectivity index is 2.05. The fourth-order valence-corrected chi connectivity index (χ4v) is 2.34. The number of carbonyl (C=O) groups is 1. The fraction of sp³-hybridized carbons (Fsp3) is 0.278. The van der Waals surface area contributed by atoms with E-state index < -0.39 is 6.10 Å². The van der Waals surface area contributed by atoms with E-state index >= 15 is 0 Å². The van der Waals surface area contributed by atoms with Gasteiger partial charge in [-0.2, -0.15) is 0 Å². The number of benzene rings is 2. The number of hydrogen-bond acceptors (Lipinski definition) is 3. The molecule has 5 heteroatoms. The number of rotatable bonds is 5. The predicted octanol–water partition coefficient (Wildman–Crippen LogP) is 4.37. The molecule has 1 N–H and O–H groups in total. The van der Waals surface area contributed by atoms with Crippen LogP contribution in [0.4, 0.5) is 5.69 Å². The lowest BCUT2D eigenvalue weighted by Crippen LogP contribution is -2.30. The first-order chi connectivity index (χ1) is 10.9. The monoisotopic (exact) mass is 333 g/mol. The summed E-state index contributed by atoms with van der Waals surface area (Å²) < 4.78 is 10.9. The third-order valence-electron chi connectivity index (χ3n) is 3.65. The van der Waals surface area contributed by atoms with Gasteiger partial charge in [-0.3, -0.25) is 4.79 Å². The first kappa shape index (κ1) is 17.2. The van der Waals surface area contributed by atoms with Gasteiger partial charge in [-0.1, -0.05) is 23.7 Å². The van der Waals surface area contributed by atoms with Crippen molar-refractivity contribution in [1.82, 2.24) is 0 Å². The largest absolute Gasteiger partial charge is 0.495 e. The van der Waals surface area contributed by atoms with Gasteiger partial charge in [-0.15, -0.1) is 0 Å². The van der Waals surface area contributed by atoms with Crippen LogP contribution in [0.3, 0.4) is 0 Å². The first-order valence-electron chi connectivity index (χ1n) is 7.29. The lowest BCUT2D eigenvalue weighted by molar-refractivity contribution is -0.122. The summed E-state index contributed by atoms with van der Waals surface area (Å²) in [5.41, 5.74) is 2.74. The molecule has 0 aromatic heterocycles. The number of aryl methyl sites for hydroxylation is 1. The Kier molecular flexibility index (Phi) is 5.50. The van der Waals surface area contributed by atoms with Crippen LogP contribution in [0, 0.1) is 13.8 Å². The van der Waals surface area contributed by atoms with Crippen LogP contribution in [-0.4, -0.2) is 19.1 Å². The summed E-state index contributed by atoms with van der Waals surface area (Å²) in [5.74, 6) is 1.02. The van der Waals surface area contributed by atoms with Crippen LogP contribution in [-0.2, 0) is 4.79 Å². The zero-order chi connectivity index (χ0) is 17.0. The normalized spacial score (nSPS) is 11.7. The van der Waals surface area contributed by atoms with Gasteiger partial charge in [0.25, 0.3) is 5.91 Å². The van der Waals surface area contributed by atoms with E-state index in [4.69, 9.17) is 21.1 Å². The second-order valence-electron chi connectivity index (χ2n) is 5.30. The van der Waals surface area contributed by atoms with Crippen molar-refractivity contribution in [3.05, 3.63) is 52.5 Å². The zero-order valence-electron chi connectivity index (χ0n) is 13.6. The summed E-state index contributed by atoms with van der Waals surface area (Å²) in [5, 5.41) is 3.22. The zero-order valence-corrected chi connectivity index (χ0v) is 14.4. The maximum atomic E-state index is 12.3. The number of amides is 1. The highest BCUT2D eigenvalue weighted by Crippen LogP contribution is 2.27. The Morgan fingerprint density at radius 2 is 1.91 bits per heavy atom. The third kappa shape index (κ3) is 4.17. The van der Waals surface area contributed by atoms with Crippen molar-refractivity contribution >= 4 is 23.2 Å². The summed E-state index contributed by atoms with van der Waals surface area (Å²) in [6, 6.07) is 10.8. The van der Waals surface area contributed by atoms with Crippen molar-refractivity contribution in [1.29, 1.82) is 0 Å². The summed E-state index contributed by atoms with van der Waals surface area (Å²) >= 11 is 6.05. The highest BCUT2D eigenvalue weighted by Gasteiger charge is 2.16. The van der Waals surface area contributed by atoms with Gasteiger partial charge in [0.15, 0.2) is 6.10 Å². The number of carbonyl (C=O) groups excluding carboxylic acids is 1. The SMILES string of the molecule is COc1ccc(NC(=O)[C@@H](C)Oc2cccc(C)c2C)cc1Cl. The van der Waals surface area contributed by atoms with Crippen LogP contribution in [0.5, 0.6) is 11.5 Å². The van der Waals surface area contributed by atoms with Crippen molar-refractivity contribution in [2.45, 2.75) is 26.9 Å². The molecular weight excluding hydrogens is 314 g/mol. The molecule has 0 fully saturated rings. The predicted molar refractivity (Wildman–Crippen MR) is 92.6 cm³/mol. The van der Waals surface area contributed by atoms with Crippen molar-refractivity contribution in [2.75, 3.05) is 12.4 Å². The minimum atomic E-state index is -0.628. The van der Waals surface area contributed by atoms with E-state index in [9.17, 15) is 4.79 Å². The molecule has 0 radical (unpaired) electrons. The van der Waals surface area contributed by atoms with Gasteiger partial charge in [-0.05, 0) is 56.2 Å². The van der Waals surface area contributed by atoms with E-state index in [2.05, 4.69) is 5.32 Å². The van der Waals surface area contributed by atoms with Crippen LogP contribution in [0.25, 0.3) is 0 Å².